The normalized spacial score (nSPS) is 10.6. The van der Waals surface area contributed by atoms with Crippen LogP contribution in [0.2, 0.25) is 0 Å². The van der Waals surface area contributed by atoms with Crippen molar-refractivity contribution >= 4 is 11.0 Å². The molecule has 0 fully saturated rings. The van der Waals surface area contributed by atoms with E-state index < -0.39 is 0 Å². The number of fused-ring (bicyclic) bond motifs is 1. The Balaban J connectivity index is 2.02. The highest BCUT2D eigenvalue weighted by atomic mass is 16.5. The van der Waals surface area contributed by atoms with E-state index in [9.17, 15) is 5.26 Å². The minimum Gasteiger partial charge on any atom is -0.497 e. The lowest BCUT2D eigenvalue weighted by atomic mass is 10.1. The molecule has 0 saturated carbocycles. The molecular formula is C20H14N4O. The summed E-state index contributed by atoms with van der Waals surface area (Å²) in [7, 11) is 1.63. The second kappa shape index (κ2) is 6.10. The van der Waals surface area contributed by atoms with E-state index in [1.54, 1.807) is 13.3 Å². The highest BCUT2D eigenvalue weighted by Crippen LogP contribution is 2.31. The van der Waals surface area contributed by atoms with Crippen LogP contribution in [-0.4, -0.2) is 21.6 Å². The Bertz CT molecular complexity index is 1080. The van der Waals surface area contributed by atoms with Crippen LogP contribution in [0.25, 0.3) is 28.0 Å². The van der Waals surface area contributed by atoms with Crippen molar-refractivity contribution in [2.24, 2.45) is 0 Å². The first-order chi connectivity index (χ1) is 12.3. The van der Waals surface area contributed by atoms with E-state index in [-0.39, 0.29) is 0 Å². The van der Waals surface area contributed by atoms with Gasteiger partial charge in [0.2, 0.25) is 0 Å². The first kappa shape index (κ1) is 14.9. The van der Waals surface area contributed by atoms with Crippen LogP contribution in [-0.2, 0) is 0 Å². The van der Waals surface area contributed by atoms with Gasteiger partial charge in [-0.25, -0.2) is 9.97 Å². The average molecular weight is 326 g/mol. The number of methoxy groups -OCH3 is 1. The molecule has 5 nitrogen and oxygen atoms in total. The van der Waals surface area contributed by atoms with Gasteiger partial charge in [0.1, 0.15) is 23.7 Å². The fourth-order valence-electron chi connectivity index (χ4n) is 2.89. The Hall–Kier alpha value is -3.65. The van der Waals surface area contributed by atoms with Crippen LogP contribution >= 0.6 is 0 Å². The van der Waals surface area contributed by atoms with Crippen LogP contribution < -0.4 is 4.74 Å². The van der Waals surface area contributed by atoms with E-state index in [4.69, 9.17) is 4.74 Å². The molecule has 0 aliphatic heterocycles. The van der Waals surface area contributed by atoms with Gasteiger partial charge in [-0.15, -0.1) is 0 Å². The second-order valence-corrected chi connectivity index (χ2v) is 5.51. The van der Waals surface area contributed by atoms with E-state index in [0.29, 0.717) is 11.1 Å². The number of ether oxygens (including phenoxy) is 1. The number of nitrogens with zero attached hydrogens (tertiary/aromatic N) is 4. The van der Waals surface area contributed by atoms with E-state index >= 15 is 0 Å². The van der Waals surface area contributed by atoms with Gasteiger partial charge < -0.3 is 9.30 Å². The standard InChI is InChI=1S/C20H14N4O/c1-25-17-9-7-16(8-10-17)24-12-15(11-21)19-20(24)18(22-13-23-19)14-5-3-2-4-6-14/h2-10,12-13H,1H3. The quantitative estimate of drug-likeness (QED) is 0.571. The maximum atomic E-state index is 9.50. The van der Waals surface area contributed by atoms with Gasteiger partial charge in [-0.05, 0) is 24.3 Å². The van der Waals surface area contributed by atoms with Crippen molar-refractivity contribution in [3.8, 4) is 28.8 Å². The van der Waals surface area contributed by atoms with Crippen molar-refractivity contribution in [3.05, 3.63) is 72.7 Å². The van der Waals surface area contributed by atoms with E-state index in [1.807, 2.05) is 59.2 Å². The molecule has 0 unspecified atom stereocenters. The van der Waals surface area contributed by atoms with Gasteiger partial charge in [0.05, 0.1) is 23.9 Å². The average Bonchev–Trinajstić information content (AvgIpc) is 3.07. The van der Waals surface area contributed by atoms with Crippen LogP contribution in [0.5, 0.6) is 5.75 Å². The third-order valence-corrected chi connectivity index (χ3v) is 4.09. The molecule has 0 aliphatic carbocycles. The monoisotopic (exact) mass is 326 g/mol. The molecule has 25 heavy (non-hydrogen) atoms. The van der Waals surface area contributed by atoms with Gasteiger partial charge in [-0.2, -0.15) is 5.26 Å². The summed E-state index contributed by atoms with van der Waals surface area (Å²) < 4.78 is 7.18. The first-order valence-corrected chi connectivity index (χ1v) is 7.78. The van der Waals surface area contributed by atoms with Gasteiger partial charge in [0, 0.05) is 17.4 Å². The lowest BCUT2D eigenvalue weighted by Crippen LogP contribution is -1.96. The molecule has 0 spiro atoms. The lowest BCUT2D eigenvalue weighted by molar-refractivity contribution is 0.415. The molecule has 0 amide bonds. The summed E-state index contributed by atoms with van der Waals surface area (Å²) in [5.74, 6) is 0.778. The highest BCUT2D eigenvalue weighted by molar-refractivity contribution is 5.94. The Morgan fingerprint density at radius 2 is 1.76 bits per heavy atom. The van der Waals surface area contributed by atoms with Crippen LogP contribution in [0, 0.1) is 11.3 Å². The Morgan fingerprint density at radius 1 is 1.00 bits per heavy atom. The van der Waals surface area contributed by atoms with E-state index in [1.165, 1.54) is 6.33 Å². The molecular weight excluding hydrogens is 312 g/mol. The molecule has 0 N–H and O–H groups in total. The van der Waals surface area contributed by atoms with Crippen LogP contribution in [0.1, 0.15) is 5.56 Å². The number of hydrogen-bond acceptors (Lipinski definition) is 4. The maximum Gasteiger partial charge on any atom is 0.119 e. The third-order valence-electron chi connectivity index (χ3n) is 4.09. The van der Waals surface area contributed by atoms with Gasteiger partial charge in [0.15, 0.2) is 0 Å². The van der Waals surface area contributed by atoms with Crippen LogP contribution in [0.3, 0.4) is 0 Å². The molecule has 120 valence electrons. The van der Waals surface area contributed by atoms with Gasteiger partial charge in [-0.1, -0.05) is 30.3 Å². The first-order valence-electron chi connectivity index (χ1n) is 7.78. The van der Waals surface area contributed by atoms with Crippen LogP contribution in [0.15, 0.2) is 67.1 Å². The maximum absolute atomic E-state index is 9.50. The summed E-state index contributed by atoms with van der Waals surface area (Å²) in [5.41, 5.74) is 4.67. The summed E-state index contributed by atoms with van der Waals surface area (Å²) in [6.45, 7) is 0. The van der Waals surface area contributed by atoms with Crippen molar-refractivity contribution in [1.29, 1.82) is 5.26 Å². The topological polar surface area (TPSA) is 63.7 Å². The van der Waals surface area contributed by atoms with Crippen molar-refractivity contribution in [1.82, 2.24) is 14.5 Å². The number of aromatic nitrogens is 3. The van der Waals surface area contributed by atoms with Gasteiger partial charge in [-0.3, -0.25) is 0 Å². The Labute approximate surface area is 144 Å². The fraction of sp³-hybridized carbons (Fsp3) is 0.0500. The number of hydrogen-bond donors (Lipinski definition) is 0. The zero-order valence-corrected chi connectivity index (χ0v) is 13.5. The number of nitriles is 1. The highest BCUT2D eigenvalue weighted by Gasteiger charge is 2.16. The molecule has 5 heteroatoms. The molecule has 2 aromatic carbocycles. The number of rotatable bonds is 3. The number of benzene rings is 2. The molecule has 0 bridgehead atoms. The Morgan fingerprint density at radius 3 is 2.44 bits per heavy atom. The Kier molecular flexibility index (Phi) is 3.64. The SMILES string of the molecule is COc1ccc(-n2cc(C#N)c3ncnc(-c4ccccc4)c32)cc1. The van der Waals surface area contributed by atoms with Crippen molar-refractivity contribution in [3.63, 3.8) is 0 Å². The molecule has 0 aliphatic rings. The van der Waals surface area contributed by atoms with Gasteiger partial charge >= 0.3 is 0 Å². The fourth-order valence-corrected chi connectivity index (χ4v) is 2.89. The zero-order valence-electron chi connectivity index (χ0n) is 13.5. The van der Waals surface area contributed by atoms with Gasteiger partial charge in [0.25, 0.3) is 0 Å². The predicted octanol–water partition coefficient (Wildman–Crippen LogP) is 3.97. The minimum absolute atomic E-state index is 0.519. The smallest absolute Gasteiger partial charge is 0.119 e. The summed E-state index contributed by atoms with van der Waals surface area (Å²) in [4.78, 5) is 8.82. The summed E-state index contributed by atoms with van der Waals surface area (Å²) in [5, 5.41) is 9.50. The predicted molar refractivity (Wildman–Crippen MR) is 95.6 cm³/mol. The third kappa shape index (κ3) is 2.50. The molecule has 0 atom stereocenters. The molecule has 0 saturated heterocycles. The summed E-state index contributed by atoms with van der Waals surface area (Å²) >= 11 is 0. The molecule has 0 radical (unpaired) electrons. The second-order valence-electron chi connectivity index (χ2n) is 5.51. The van der Waals surface area contributed by atoms with Crippen molar-refractivity contribution in [2.45, 2.75) is 0 Å². The van der Waals surface area contributed by atoms with Crippen LogP contribution in [0.4, 0.5) is 0 Å². The molecule has 4 rings (SSSR count). The lowest BCUT2D eigenvalue weighted by Gasteiger charge is -2.09. The van der Waals surface area contributed by atoms with E-state index in [0.717, 1.165) is 28.2 Å². The van der Waals surface area contributed by atoms with Crippen molar-refractivity contribution in [2.75, 3.05) is 7.11 Å². The molecule has 4 aromatic rings. The summed E-state index contributed by atoms with van der Waals surface area (Å²) in [6, 6.07) is 19.8. The molecule has 2 heterocycles. The molecule has 2 aromatic heterocycles. The minimum atomic E-state index is 0.519. The van der Waals surface area contributed by atoms with E-state index in [2.05, 4.69) is 16.0 Å². The van der Waals surface area contributed by atoms with Crippen molar-refractivity contribution < 1.29 is 4.74 Å². The summed E-state index contributed by atoms with van der Waals surface area (Å²) in [6.07, 6.45) is 3.30. The zero-order chi connectivity index (χ0) is 17.2. The largest absolute Gasteiger partial charge is 0.497 e.